The van der Waals surface area contributed by atoms with E-state index in [-0.39, 0.29) is 17.7 Å². The van der Waals surface area contributed by atoms with Gasteiger partial charge in [0.2, 0.25) is 5.91 Å². The zero-order chi connectivity index (χ0) is 17.2. The molecule has 6 nitrogen and oxygen atoms in total. The van der Waals surface area contributed by atoms with Crippen LogP contribution in [0, 0.1) is 0 Å². The Hall–Kier alpha value is -3.15. The van der Waals surface area contributed by atoms with Gasteiger partial charge in [-0.1, -0.05) is 12.1 Å². The van der Waals surface area contributed by atoms with Crippen molar-refractivity contribution < 1.29 is 9.90 Å². The van der Waals surface area contributed by atoms with Gasteiger partial charge in [-0.15, -0.1) is 0 Å². The summed E-state index contributed by atoms with van der Waals surface area (Å²) >= 11 is 0. The fraction of sp³-hybridized carbons (Fsp3) is 0.211. The van der Waals surface area contributed by atoms with Crippen LogP contribution in [-0.2, 0) is 4.79 Å². The van der Waals surface area contributed by atoms with Gasteiger partial charge >= 0.3 is 0 Å². The molecule has 1 saturated heterocycles. The third kappa shape index (κ3) is 2.98. The minimum Gasteiger partial charge on any atom is -0.508 e. The minimum absolute atomic E-state index is 0.0640. The SMILES string of the molecule is O=C(Nc1ccc(O)cc1)C1CCCN1c1ncnc2ccccc12. The first-order chi connectivity index (χ1) is 12.2. The molecule has 25 heavy (non-hydrogen) atoms. The molecule has 1 unspecified atom stereocenters. The number of hydrogen-bond acceptors (Lipinski definition) is 5. The molecule has 0 radical (unpaired) electrons. The quantitative estimate of drug-likeness (QED) is 0.720. The Balaban J connectivity index is 1.61. The summed E-state index contributed by atoms with van der Waals surface area (Å²) in [7, 11) is 0. The molecule has 1 aromatic heterocycles. The van der Waals surface area contributed by atoms with Gasteiger partial charge in [0.15, 0.2) is 0 Å². The molecule has 2 aromatic carbocycles. The van der Waals surface area contributed by atoms with Gasteiger partial charge in [0.25, 0.3) is 0 Å². The standard InChI is InChI=1S/C19H18N4O2/c24-14-9-7-13(8-10-14)22-19(25)17-6-3-11-23(17)18-15-4-1-2-5-16(15)20-12-21-18/h1-2,4-5,7-10,12,17,24H,3,6,11H2,(H,22,25). The van der Waals surface area contributed by atoms with Crippen LogP contribution >= 0.6 is 0 Å². The second-order valence-corrected chi connectivity index (χ2v) is 6.10. The lowest BCUT2D eigenvalue weighted by Crippen LogP contribution is -2.40. The van der Waals surface area contributed by atoms with Crippen LogP contribution in [-0.4, -0.2) is 33.6 Å². The van der Waals surface area contributed by atoms with Gasteiger partial charge in [-0.3, -0.25) is 4.79 Å². The van der Waals surface area contributed by atoms with Gasteiger partial charge in [0, 0.05) is 17.6 Å². The van der Waals surface area contributed by atoms with Crippen molar-refractivity contribution in [2.24, 2.45) is 0 Å². The number of para-hydroxylation sites is 1. The first-order valence-electron chi connectivity index (χ1n) is 8.29. The first-order valence-corrected chi connectivity index (χ1v) is 8.29. The number of carbonyl (C=O) groups is 1. The van der Waals surface area contributed by atoms with Crippen LogP contribution in [0.1, 0.15) is 12.8 Å². The summed E-state index contributed by atoms with van der Waals surface area (Å²) in [5.41, 5.74) is 1.54. The Kier molecular flexibility index (Phi) is 3.93. The molecule has 6 heteroatoms. The zero-order valence-electron chi connectivity index (χ0n) is 13.6. The highest BCUT2D eigenvalue weighted by Gasteiger charge is 2.32. The molecule has 1 aliphatic rings. The van der Waals surface area contributed by atoms with Crippen molar-refractivity contribution in [3.05, 3.63) is 54.9 Å². The Morgan fingerprint density at radius 2 is 1.92 bits per heavy atom. The molecule has 1 fully saturated rings. The number of fused-ring (bicyclic) bond motifs is 1. The lowest BCUT2D eigenvalue weighted by Gasteiger charge is -2.25. The summed E-state index contributed by atoms with van der Waals surface area (Å²) in [4.78, 5) is 23.6. The normalized spacial score (nSPS) is 17.0. The van der Waals surface area contributed by atoms with Crippen LogP contribution in [0.15, 0.2) is 54.9 Å². The summed E-state index contributed by atoms with van der Waals surface area (Å²) in [6.45, 7) is 0.786. The Labute approximate surface area is 145 Å². The average molecular weight is 334 g/mol. The molecule has 0 spiro atoms. The number of carbonyl (C=O) groups excluding carboxylic acids is 1. The van der Waals surface area contributed by atoms with Crippen molar-refractivity contribution >= 4 is 28.3 Å². The van der Waals surface area contributed by atoms with E-state index in [0.717, 1.165) is 36.1 Å². The number of anilines is 2. The maximum absolute atomic E-state index is 12.8. The van der Waals surface area contributed by atoms with E-state index < -0.39 is 0 Å². The number of phenolic OH excluding ortho intramolecular Hbond substituents is 1. The van der Waals surface area contributed by atoms with Crippen LogP contribution in [0.4, 0.5) is 11.5 Å². The van der Waals surface area contributed by atoms with Gasteiger partial charge < -0.3 is 15.3 Å². The number of benzene rings is 2. The number of nitrogens with one attached hydrogen (secondary N) is 1. The fourth-order valence-electron chi connectivity index (χ4n) is 3.28. The number of amides is 1. The van der Waals surface area contributed by atoms with Crippen molar-refractivity contribution in [3.8, 4) is 5.75 Å². The summed E-state index contributed by atoms with van der Waals surface area (Å²) in [5.74, 6) is 0.910. The highest BCUT2D eigenvalue weighted by molar-refractivity contribution is 5.99. The second kappa shape index (κ2) is 6.39. The fourth-order valence-corrected chi connectivity index (χ4v) is 3.28. The van der Waals surface area contributed by atoms with Crippen molar-refractivity contribution in [1.29, 1.82) is 0 Å². The van der Waals surface area contributed by atoms with Gasteiger partial charge in [0.05, 0.1) is 5.52 Å². The Morgan fingerprint density at radius 1 is 1.12 bits per heavy atom. The van der Waals surface area contributed by atoms with Gasteiger partial charge in [-0.2, -0.15) is 0 Å². The van der Waals surface area contributed by atoms with E-state index in [1.807, 2.05) is 24.3 Å². The molecule has 0 aliphatic carbocycles. The highest BCUT2D eigenvalue weighted by atomic mass is 16.3. The van der Waals surface area contributed by atoms with Crippen LogP contribution in [0.2, 0.25) is 0 Å². The zero-order valence-corrected chi connectivity index (χ0v) is 13.6. The lowest BCUT2D eigenvalue weighted by atomic mass is 10.1. The molecule has 1 atom stereocenters. The molecule has 4 rings (SSSR count). The lowest BCUT2D eigenvalue weighted by molar-refractivity contribution is -0.117. The molecular weight excluding hydrogens is 316 g/mol. The van der Waals surface area contributed by atoms with Crippen LogP contribution in [0.5, 0.6) is 5.75 Å². The summed E-state index contributed by atoms with van der Waals surface area (Å²) in [5, 5.41) is 13.2. The van der Waals surface area contributed by atoms with Crippen LogP contribution in [0.25, 0.3) is 10.9 Å². The summed E-state index contributed by atoms with van der Waals surface area (Å²) in [6.07, 6.45) is 3.26. The predicted molar refractivity (Wildman–Crippen MR) is 96.6 cm³/mol. The monoisotopic (exact) mass is 334 g/mol. The van der Waals surface area contributed by atoms with E-state index >= 15 is 0 Å². The van der Waals surface area contributed by atoms with Crippen molar-refractivity contribution in [3.63, 3.8) is 0 Å². The highest BCUT2D eigenvalue weighted by Crippen LogP contribution is 2.30. The first kappa shape index (κ1) is 15.4. The summed E-state index contributed by atoms with van der Waals surface area (Å²) < 4.78 is 0. The van der Waals surface area contributed by atoms with Gasteiger partial charge in [0.1, 0.15) is 23.9 Å². The number of phenols is 1. The molecular formula is C19H18N4O2. The number of rotatable bonds is 3. The van der Waals surface area contributed by atoms with Crippen LogP contribution in [0.3, 0.4) is 0 Å². The van der Waals surface area contributed by atoms with Crippen molar-refractivity contribution in [1.82, 2.24) is 9.97 Å². The smallest absolute Gasteiger partial charge is 0.247 e. The molecule has 1 aliphatic heterocycles. The Morgan fingerprint density at radius 3 is 2.76 bits per heavy atom. The Bertz CT molecular complexity index is 905. The average Bonchev–Trinajstić information content (AvgIpc) is 3.13. The molecule has 126 valence electrons. The van der Waals surface area contributed by atoms with Gasteiger partial charge in [-0.25, -0.2) is 9.97 Å². The summed E-state index contributed by atoms with van der Waals surface area (Å²) in [6, 6.07) is 14.0. The molecule has 2 N–H and O–H groups in total. The van der Waals surface area contributed by atoms with E-state index in [1.165, 1.54) is 0 Å². The number of nitrogens with zero attached hydrogens (tertiary/aromatic N) is 3. The predicted octanol–water partition coefficient (Wildman–Crippen LogP) is 2.94. The molecule has 0 bridgehead atoms. The molecule has 0 saturated carbocycles. The molecule has 1 amide bonds. The maximum Gasteiger partial charge on any atom is 0.247 e. The third-order valence-electron chi connectivity index (χ3n) is 4.48. The number of hydrogen-bond donors (Lipinski definition) is 2. The van der Waals surface area contributed by atoms with E-state index in [0.29, 0.717) is 5.69 Å². The topological polar surface area (TPSA) is 78.4 Å². The maximum atomic E-state index is 12.8. The second-order valence-electron chi connectivity index (χ2n) is 6.10. The minimum atomic E-state index is -0.271. The largest absolute Gasteiger partial charge is 0.508 e. The number of aromatic hydroxyl groups is 1. The van der Waals surface area contributed by atoms with E-state index in [9.17, 15) is 9.90 Å². The van der Waals surface area contributed by atoms with Gasteiger partial charge in [-0.05, 0) is 49.2 Å². The molecule has 2 heterocycles. The van der Waals surface area contributed by atoms with E-state index in [4.69, 9.17) is 0 Å². The van der Waals surface area contributed by atoms with Crippen molar-refractivity contribution in [2.75, 3.05) is 16.8 Å². The third-order valence-corrected chi connectivity index (χ3v) is 4.48. The van der Waals surface area contributed by atoms with Crippen molar-refractivity contribution in [2.45, 2.75) is 18.9 Å². The molecule has 3 aromatic rings. The van der Waals surface area contributed by atoms with Crippen LogP contribution < -0.4 is 10.2 Å². The van der Waals surface area contributed by atoms with E-state index in [1.54, 1.807) is 30.6 Å². The number of aromatic nitrogens is 2. The van der Waals surface area contributed by atoms with E-state index in [2.05, 4.69) is 20.2 Å².